The van der Waals surface area contributed by atoms with Crippen molar-refractivity contribution in [1.29, 1.82) is 0 Å². The second kappa shape index (κ2) is 34.3. The zero-order chi connectivity index (χ0) is 85.5. The standard InChI is InChI=1S/C29H28N8.C27H23N7O.C26H18N8.C15H12BrN5O/c1-2-36-10-12-37(13-11-36)18-20-7-5-9-25-26(20)33-29(32-25)27-23-14-21(16-31-28(23)35-34-27)24-17-30-15-19-6-3-4-8-22(19)24;1-2-6-20-17(4-1)13-28-15-22(20)19-12-21-25(32-33-26(21)29-14-19)27-30-23-7-3-5-18(24(23)31-27)16-34-8-10-35-11-9-34;1-2-6-19-16(4-1)11-28-13-21(19)18-10-20-24(32-33-25(20)29-12-18)26-30-22-7-3-5-17(23(22)31-26)14-34-9-8-27-15-34;1-22-7-8-3-2-4-11-12(8)19-15(18-11)13-10-5-9(16)6-17-14(10)21-20-13/h3-9,14-17H,2,10-13,18H2,1H3,(H,32,33)(H,31,34,35);1-7,12-15H,8-11,16H2,(H,30,31)(H,29,32,33);1-13,15H,14H2,(H,30,31)(H,29,32,33);2-6H,7H2,1H3,(H,18,19)(H,17,20,21). The summed E-state index contributed by atoms with van der Waals surface area (Å²) in [5.74, 6) is 2.99. The van der Waals surface area contributed by atoms with E-state index in [0.29, 0.717) is 35.7 Å². The van der Waals surface area contributed by atoms with Gasteiger partial charge in [0.2, 0.25) is 0 Å². The Labute approximate surface area is 737 Å². The highest BCUT2D eigenvalue weighted by Gasteiger charge is 2.25. The van der Waals surface area contributed by atoms with Gasteiger partial charge in [-0.25, -0.2) is 44.9 Å². The summed E-state index contributed by atoms with van der Waals surface area (Å²) in [7, 11) is 1.68. The van der Waals surface area contributed by atoms with Gasteiger partial charge in [0, 0.05) is 193 Å². The summed E-state index contributed by atoms with van der Waals surface area (Å²) >= 11 is 3.44. The highest BCUT2D eigenvalue weighted by Crippen LogP contribution is 2.39. The Hall–Kier alpha value is -15.4. The Morgan fingerprint density at radius 1 is 0.367 bits per heavy atom. The number of para-hydroxylation sites is 4. The minimum absolute atomic E-state index is 0.526. The topological polar surface area (TPSA) is 366 Å². The van der Waals surface area contributed by atoms with E-state index in [9.17, 15) is 0 Å². The van der Waals surface area contributed by atoms with Gasteiger partial charge in [0.05, 0.1) is 98.4 Å². The van der Waals surface area contributed by atoms with Crippen LogP contribution in [0, 0.1) is 0 Å². The van der Waals surface area contributed by atoms with Crippen LogP contribution < -0.4 is 0 Å². The molecule has 628 valence electrons. The third-order valence-electron chi connectivity index (χ3n) is 23.9. The van der Waals surface area contributed by atoms with E-state index in [1.807, 2.05) is 140 Å². The largest absolute Gasteiger partial charge is 0.380 e. The summed E-state index contributed by atoms with van der Waals surface area (Å²) in [5.41, 5.74) is 24.5. The molecule has 0 atom stereocenters. The van der Waals surface area contributed by atoms with Crippen LogP contribution >= 0.6 is 15.9 Å². The van der Waals surface area contributed by atoms with E-state index in [-0.39, 0.29) is 0 Å². The van der Waals surface area contributed by atoms with Crippen molar-refractivity contribution in [3.05, 3.63) is 277 Å². The first-order valence-corrected chi connectivity index (χ1v) is 43.1. The van der Waals surface area contributed by atoms with E-state index in [2.05, 4.69) is 241 Å². The van der Waals surface area contributed by atoms with Crippen molar-refractivity contribution < 1.29 is 9.47 Å². The van der Waals surface area contributed by atoms with Crippen LogP contribution in [-0.2, 0) is 35.7 Å². The van der Waals surface area contributed by atoms with E-state index in [4.69, 9.17) is 29.4 Å². The Morgan fingerprint density at radius 2 is 0.734 bits per heavy atom. The normalized spacial score (nSPS) is 13.6. The second-order valence-corrected chi connectivity index (χ2v) is 32.7. The number of imidazole rings is 5. The molecule has 0 amide bonds. The molecule has 0 unspecified atom stereocenters. The maximum Gasteiger partial charge on any atom is 0.181 e. The van der Waals surface area contributed by atoms with Crippen molar-refractivity contribution in [1.82, 2.24) is 140 Å². The number of rotatable bonds is 16. The molecule has 0 spiro atoms. The van der Waals surface area contributed by atoms with Gasteiger partial charge in [-0.05, 0) is 104 Å². The number of benzene rings is 7. The highest BCUT2D eigenvalue weighted by atomic mass is 79.9. The summed E-state index contributed by atoms with van der Waals surface area (Å²) < 4.78 is 13.7. The van der Waals surface area contributed by atoms with Crippen LogP contribution in [0.15, 0.2) is 255 Å². The van der Waals surface area contributed by atoms with Gasteiger partial charge < -0.3 is 38.9 Å². The van der Waals surface area contributed by atoms with Gasteiger partial charge in [-0.3, -0.25) is 45.1 Å². The highest BCUT2D eigenvalue weighted by molar-refractivity contribution is 9.10. The van der Waals surface area contributed by atoms with E-state index < -0.39 is 0 Å². The zero-order valence-corrected chi connectivity index (χ0v) is 71.1. The maximum atomic E-state index is 5.50. The summed E-state index contributed by atoms with van der Waals surface area (Å²) in [5, 5.41) is 40.4. The quantitative estimate of drug-likeness (QED) is 0.0445. The lowest BCUT2D eigenvalue weighted by molar-refractivity contribution is 0.0343. The summed E-state index contributed by atoms with van der Waals surface area (Å²) in [4.78, 5) is 76.6. The van der Waals surface area contributed by atoms with Crippen molar-refractivity contribution in [2.45, 2.75) is 33.2 Å². The maximum absolute atomic E-state index is 5.50. The Bertz CT molecular complexity index is 8010. The number of morpholine rings is 1. The third-order valence-corrected chi connectivity index (χ3v) is 24.3. The first-order valence-electron chi connectivity index (χ1n) is 42.3. The molecule has 2 saturated heterocycles. The molecule has 8 N–H and O–H groups in total. The smallest absolute Gasteiger partial charge is 0.181 e. The number of nitrogens with zero attached hydrogens (tertiary/aromatic N) is 20. The van der Waals surface area contributed by atoms with Gasteiger partial charge in [-0.1, -0.05) is 128 Å². The molecular weight excluding hydrogens is 1670 g/mol. The van der Waals surface area contributed by atoms with Crippen molar-refractivity contribution in [3.8, 4) is 79.5 Å². The van der Waals surface area contributed by atoms with Crippen molar-refractivity contribution in [3.63, 3.8) is 0 Å². The lowest BCUT2D eigenvalue weighted by Gasteiger charge is -2.34. The predicted octanol–water partition coefficient (Wildman–Crippen LogP) is 17.8. The van der Waals surface area contributed by atoms with Crippen LogP contribution in [0.3, 0.4) is 0 Å². The average molecular weight is 1750 g/mol. The van der Waals surface area contributed by atoms with Gasteiger partial charge in [0.25, 0.3) is 0 Å². The van der Waals surface area contributed by atoms with Gasteiger partial charge in [0.1, 0.15) is 22.8 Å². The number of nitrogens with one attached hydrogen (secondary N) is 8. The minimum Gasteiger partial charge on any atom is -0.380 e. The second-order valence-electron chi connectivity index (χ2n) is 31.8. The number of ether oxygens (including phenoxy) is 2. The SMILES string of the molecule is CCN1CCN(Cc2cccc3[nH]c(-c4[nH]nc5ncc(-c6cncc7ccccc67)cc45)nc23)CC1.COCc1cccc2[nH]c(-c3[nH]nc4ncc(Br)cc34)nc12.c1ccc2c(-c3cnc4n[nH]c(-c5nc6c(CN7CCOCC7)cccc6[nH]5)c4c3)cncc2c1.c1ccc2c(-c3cnc4n[nH]c(-c5nc6c(Cn7ccnc7)cccc6[nH]5)c4c3)cncc2c1. The van der Waals surface area contributed by atoms with Crippen molar-refractivity contribution in [2.75, 3.05) is 66.1 Å². The van der Waals surface area contributed by atoms with Crippen LogP contribution in [-0.4, -0.2) is 206 Å². The van der Waals surface area contributed by atoms with Gasteiger partial charge in [-0.15, -0.1) is 0 Å². The number of piperazine rings is 1. The van der Waals surface area contributed by atoms with Crippen LogP contribution in [0.1, 0.15) is 29.2 Å². The number of hydrogen-bond acceptors (Lipinski definition) is 21. The lowest BCUT2D eigenvalue weighted by Crippen LogP contribution is -2.45. The fourth-order valence-corrected chi connectivity index (χ4v) is 17.7. The van der Waals surface area contributed by atoms with Gasteiger partial charge in [0.15, 0.2) is 45.9 Å². The molecule has 0 radical (unpaired) electrons. The van der Waals surface area contributed by atoms with E-state index >= 15 is 0 Å². The molecule has 7 aromatic carbocycles. The number of methoxy groups -OCH3 is 1. The first-order chi connectivity index (χ1) is 63.2. The molecule has 2 aliphatic rings. The number of halogens is 1. The fourth-order valence-electron chi connectivity index (χ4n) is 17.4. The molecule has 0 saturated carbocycles. The molecule has 30 nitrogen and oxygen atoms in total. The zero-order valence-electron chi connectivity index (χ0n) is 69.5. The van der Waals surface area contributed by atoms with Crippen LogP contribution in [0.2, 0.25) is 0 Å². The number of pyridine rings is 7. The summed E-state index contributed by atoms with van der Waals surface area (Å²) in [6.45, 7) is 14.2. The number of fused-ring (bicyclic) bond motifs is 11. The number of likely N-dealkylation sites (N-methyl/N-ethyl adjacent to an activating group) is 1. The molecule has 2 fully saturated rings. The fraction of sp³-hybridized carbons (Fsp3) is 0.155. The first kappa shape index (κ1) is 78.6. The monoisotopic (exact) mass is 1750 g/mol. The molecule has 23 aromatic rings. The van der Waals surface area contributed by atoms with Crippen molar-refractivity contribution in [2.24, 2.45) is 0 Å². The van der Waals surface area contributed by atoms with Gasteiger partial charge >= 0.3 is 0 Å². The van der Waals surface area contributed by atoms with E-state index in [0.717, 1.165) is 265 Å². The molecule has 31 heteroatoms. The van der Waals surface area contributed by atoms with Crippen LogP contribution in [0.4, 0.5) is 0 Å². The molecule has 2 aliphatic heterocycles. The van der Waals surface area contributed by atoms with Gasteiger partial charge in [-0.2, -0.15) is 20.4 Å². The average Bonchev–Trinajstić information content (AvgIpc) is 1.63. The molecule has 0 bridgehead atoms. The number of aromatic amines is 8. The molecule has 25 rings (SSSR count). The Kier molecular flexibility index (Phi) is 21.0. The summed E-state index contributed by atoms with van der Waals surface area (Å²) in [6, 6.07) is 58.0. The third kappa shape index (κ3) is 15.4. The Morgan fingerprint density at radius 3 is 1.13 bits per heavy atom. The van der Waals surface area contributed by atoms with Crippen LogP contribution in [0.25, 0.3) is 200 Å². The molecule has 18 heterocycles. The Balaban J connectivity index is 0.000000102. The molecule has 16 aromatic heterocycles. The van der Waals surface area contributed by atoms with E-state index in [1.54, 1.807) is 19.5 Å². The van der Waals surface area contributed by atoms with E-state index in [1.165, 1.54) is 11.1 Å². The predicted molar refractivity (Wildman–Crippen MR) is 501 cm³/mol. The lowest BCUT2D eigenvalue weighted by atomic mass is 10.0. The molecular formula is C97H81BrN28O2. The number of hydrogen-bond donors (Lipinski definition) is 8. The molecule has 0 aliphatic carbocycles. The van der Waals surface area contributed by atoms with Crippen LogP contribution in [0.5, 0.6) is 0 Å². The minimum atomic E-state index is 0.526. The van der Waals surface area contributed by atoms with Crippen molar-refractivity contribution >= 4 is 137 Å². The summed E-state index contributed by atoms with van der Waals surface area (Å²) in [6.07, 6.45) is 24.2. The number of aromatic nitrogens is 25. The molecule has 128 heavy (non-hydrogen) atoms. The number of H-pyrrole nitrogens is 8.